The average Bonchev–Trinajstić information content (AvgIpc) is 2.19. The fourth-order valence-electron chi connectivity index (χ4n) is 2.16. The van der Waals surface area contributed by atoms with Gasteiger partial charge in [0.15, 0.2) is 16.6 Å². The van der Waals surface area contributed by atoms with Crippen LogP contribution in [0.15, 0.2) is 12.2 Å². The van der Waals surface area contributed by atoms with Gasteiger partial charge in [-0.3, -0.25) is 0 Å². The summed E-state index contributed by atoms with van der Waals surface area (Å²) in [5.41, 5.74) is 0.103. The number of hydrogen-bond acceptors (Lipinski definition) is 4. The van der Waals surface area contributed by atoms with Crippen LogP contribution in [0.25, 0.3) is 0 Å². The zero-order valence-electron chi connectivity index (χ0n) is 15.1. The Hall–Kier alpha value is -0.219. The quantitative estimate of drug-likeness (QED) is 0.375. The Morgan fingerprint density at radius 2 is 1.38 bits per heavy atom. The van der Waals surface area contributed by atoms with Crippen molar-refractivity contribution in [3.63, 3.8) is 0 Å². The van der Waals surface area contributed by atoms with Crippen LogP contribution in [0, 0.1) is 0 Å². The van der Waals surface area contributed by atoms with Gasteiger partial charge in [0.1, 0.15) is 5.73 Å². The van der Waals surface area contributed by atoms with E-state index in [4.69, 9.17) is 13.0 Å². The van der Waals surface area contributed by atoms with Crippen LogP contribution < -0.4 is 0 Å². The van der Waals surface area contributed by atoms with Crippen molar-refractivity contribution in [3.05, 3.63) is 12.2 Å². The van der Waals surface area contributed by atoms with E-state index in [1.165, 1.54) is 0 Å². The molecule has 0 N–H and O–H groups in total. The van der Waals surface area contributed by atoms with Crippen LogP contribution in [0.4, 0.5) is 0 Å². The van der Waals surface area contributed by atoms with E-state index in [2.05, 4.69) is 45.9 Å². The Labute approximate surface area is 133 Å². The highest BCUT2D eigenvalue weighted by Crippen LogP contribution is 2.27. The molecule has 0 aliphatic rings. The first kappa shape index (κ1) is 20.8. The maximum Gasteiger partial charge on any atom is 0.356 e. The lowest BCUT2D eigenvalue weighted by Crippen LogP contribution is -2.61. The van der Waals surface area contributed by atoms with Crippen LogP contribution in [-0.2, 0) is 17.8 Å². The highest BCUT2D eigenvalue weighted by Gasteiger charge is 2.48. The summed E-state index contributed by atoms with van der Waals surface area (Å²) in [6.45, 7) is 22.2. The molecular formula is C14H32O4Si3. The van der Waals surface area contributed by atoms with E-state index in [-0.39, 0.29) is 11.7 Å². The standard InChI is InChI=1S/C14H32O4Si3/c1-11-13(16-14(15)12(2)3)21(10,17-19(4,5)6)18-20(7,8)9/h13H,2,11H2,1,3-10H3. The topological polar surface area (TPSA) is 44.8 Å². The highest BCUT2D eigenvalue weighted by molar-refractivity contribution is 6.88. The lowest BCUT2D eigenvalue weighted by atomic mass is 10.4. The highest BCUT2D eigenvalue weighted by atomic mass is 28.5. The molecule has 0 radical (unpaired) electrons. The van der Waals surface area contributed by atoms with E-state index in [1.807, 2.05) is 13.5 Å². The second-order valence-corrected chi connectivity index (χ2v) is 20.3. The predicted molar refractivity (Wildman–Crippen MR) is 95.5 cm³/mol. The second-order valence-electron chi connectivity index (χ2n) is 7.53. The van der Waals surface area contributed by atoms with Gasteiger partial charge in [-0.15, -0.1) is 0 Å². The smallest absolute Gasteiger partial charge is 0.356 e. The Morgan fingerprint density at radius 1 is 1.00 bits per heavy atom. The molecule has 1 unspecified atom stereocenters. The molecule has 21 heavy (non-hydrogen) atoms. The molecule has 7 heteroatoms. The Bertz CT molecular complexity index is 367. The molecule has 0 spiro atoms. The lowest BCUT2D eigenvalue weighted by Gasteiger charge is -2.42. The van der Waals surface area contributed by atoms with Crippen LogP contribution in [0.3, 0.4) is 0 Å². The van der Waals surface area contributed by atoms with Crippen molar-refractivity contribution < 1.29 is 17.8 Å². The van der Waals surface area contributed by atoms with E-state index in [1.54, 1.807) is 6.92 Å². The van der Waals surface area contributed by atoms with Crippen molar-refractivity contribution in [1.82, 2.24) is 0 Å². The van der Waals surface area contributed by atoms with Crippen LogP contribution in [0.1, 0.15) is 20.3 Å². The van der Waals surface area contributed by atoms with Crippen molar-refractivity contribution in [3.8, 4) is 0 Å². The SMILES string of the molecule is C=C(C)C(=O)OC(CC)[Si](C)(O[Si](C)(C)C)O[Si](C)(C)C. The fraction of sp³-hybridized carbons (Fsp3) is 0.786. The average molecular weight is 349 g/mol. The lowest BCUT2D eigenvalue weighted by molar-refractivity contribution is -0.142. The third kappa shape index (κ3) is 8.10. The summed E-state index contributed by atoms with van der Waals surface area (Å²) in [6.07, 6.45) is 0.691. The summed E-state index contributed by atoms with van der Waals surface area (Å²) in [7, 11) is -6.23. The van der Waals surface area contributed by atoms with Crippen molar-refractivity contribution in [2.75, 3.05) is 0 Å². The van der Waals surface area contributed by atoms with Gasteiger partial charge in [0.2, 0.25) is 0 Å². The van der Waals surface area contributed by atoms with Crippen molar-refractivity contribution in [2.24, 2.45) is 0 Å². The molecule has 4 nitrogen and oxygen atoms in total. The first-order valence-electron chi connectivity index (χ1n) is 7.47. The first-order chi connectivity index (χ1) is 9.20. The monoisotopic (exact) mass is 348 g/mol. The van der Waals surface area contributed by atoms with Gasteiger partial charge in [-0.2, -0.15) is 0 Å². The second kappa shape index (κ2) is 7.36. The van der Waals surface area contributed by atoms with Gasteiger partial charge in [0, 0.05) is 5.57 Å². The number of hydrogen-bond donors (Lipinski definition) is 0. The predicted octanol–water partition coefficient (Wildman–Crippen LogP) is 4.20. The molecule has 0 aromatic rings. The number of esters is 1. The summed E-state index contributed by atoms with van der Waals surface area (Å²) in [6, 6.07) is 0. The maximum absolute atomic E-state index is 11.9. The molecule has 1 atom stereocenters. The minimum absolute atomic E-state index is 0.305. The number of carbonyl (C=O) groups is 1. The molecule has 0 aromatic carbocycles. The first-order valence-corrected chi connectivity index (χ1v) is 16.7. The van der Waals surface area contributed by atoms with Crippen molar-refractivity contribution in [2.45, 2.75) is 71.8 Å². The molecule has 0 bridgehead atoms. The summed E-state index contributed by atoms with van der Waals surface area (Å²) in [4.78, 5) is 11.9. The third-order valence-electron chi connectivity index (χ3n) is 2.57. The molecule has 0 rings (SSSR count). The largest absolute Gasteiger partial charge is 0.457 e. The number of carbonyl (C=O) groups excluding carboxylic acids is 1. The van der Waals surface area contributed by atoms with Gasteiger partial charge >= 0.3 is 14.5 Å². The Kier molecular flexibility index (Phi) is 7.29. The van der Waals surface area contributed by atoms with Gasteiger partial charge in [-0.05, 0) is 59.2 Å². The number of rotatable bonds is 8. The van der Waals surface area contributed by atoms with E-state index in [9.17, 15) is 4.79 Å². The summed E-state index contributed by atoms with van der Waals surface area (Å²) < 4.78 is 18.5. The van der Waals surface area contributed by atoms with E-state index in [0.29, 0.717) is 12.0 Å². The van der Waals surface area contributed by atoms with Crippen molar-refractivity contribution >= 4 is 31.2 Å². The maximum atomic E-state index is 11.9. The van der Waals surface area contributed by atoms with E-state index < -0.39 is 25.2 Å². The molecule has 0 aliphatic carbocycles. The minimum atomic E-state index is -2.62. The third-order valence-corrected chi connectivity index (χ3v) is 12.4. The summed E-state index contributed by atoms with van der Waals surface area (Å²) >= 11 is 0. The van der Waals surface area contributed by atoms with Gasteiger partial charge < -0.3 is 13.0 Å². The zero-order valence-corrected chi connectivity index (χ0v) is 18.1. The van der Waals surface area contributed by atoms with Gasteiger partial charge in [-0.25, -0.2) is 4.79 Å². The van der Waals surface area contributed by atoms with Gasteiger partial charge in [0.05, 0.1) is 0 Å². The molecule has 0 saturated heterocycles. The molecule has 0 heterocycles. The zero-order chi connectivity index (χ0) is 17.1. The molecular weight excluding hydrogens is 316 g/mol. The van der Waals surface area contributed by atoms with Crippen LogP contribution in [0.5, 0.6) is 0 Å². The molecule has 0 saturated carbocycles. The molecule has 0 amide bonds. The normalized spacial score (nSPS) is 14.7. The van der Waals surface area contributed by atoms with Crippen LogP contribution in [-0.4, -0.2) is 36.9 Å². The summed E-state index contributed by atoms with van der Waals surface area (Å²) in [5, 5.41) is 0. The summed E-state index contributed by atoms with van der Waals surface area (Å²) in [5.74, 6) is -0.362. The molecule has 0 aromatic heterocycles. The van der Waals surface area contributed by atoms with E-state index >= 15 is 0 Å². The van der Waals surface area contributed by atoms with Crippen LogP contribution >= 0.6 is 0 Å². The van der Waals surface area contributed by atoms with Gasteiger partial charge in [-0.1, -0.05) is 13.5 Å². The van der Waals surface area contributed by atoms with Gasteiger partial charge in [0.25, 0.3) is 0 Å². The Balaban J connectivity index is 5.41. The molecule has 0 aliphatic heterocycles. The Morgan fingerprint density at radius 3 is 1.62 bits per heavy atom. The van der Waals surface area contributed by atoms with E-state index in [0.717, 1.165) is 0 Å². The molecule has 124 valence electrons. The number of ether oxygens (including phenoxy) is 1. The van der Waals surface area contributed by atoms with Crippen molar-refractivity contribution in [1.29, 1.82) is 0 Å². The van der Waals surface area contributed by atoms with Crippen LogP contribution in [0.2, 0.25) is 45.8 Å². The molecule has 0 fully saturated rings. The minimum Gasteiger partial charge on any atom is -0.457 e. The fourth-order valence-corrected chi connectivity index (χ4v) is 14.5.